The summed E-state index contributed by atoms with van der Waals surface area (Å²) >= 11 is 0. The number of pyridine rings is 1. The molecule has 4 nitrogen and oxygen atoms in total. The lowest BCUT2D eigenvalue weighted by molar-refractivity contribution is -0.143. The van der Waals surface area contributed by atoms with Crippen molar-refractivity contribution in [2.45, 2.75) is 31.8 Å². The normalized spacial score (nSPS) is 16.1. The Morgan fingerprint density at radius 3 is 2.85 bits per heavy atom. The average Bonchev–Trinajstić information content (AvgIpc) is 3.27. The molecule has 1 heterocycles. The van der Waals surface area contributed by atoms with Crippen LogP contribution in [0.3, 0.4) is 0 Å². The van der Waals surface area contributed by atoms with Gasteiger partial charge in [-0.15, -0.1) is 0 Å². The standard InChI is InChI=1S/C16H18N2O2/c1-10-3-4-11-9-12(5-8-14(11)17-10)15(16(19)20-2)18-13-6-7-13/h3-5,8-9,13,15,18H,6-7H2,1-2H3. The lowest BCUT2D eigenvalue weighted by atomic mass is 10.0. The highest BCUT2D eigenvalue weighted by Crippen LogP contribution is 2.26. The van der Waals surface area contributed by atoms with Crippen LogP contribution in [0.5, 0.6) is 0 Å². The first-order chi connectivity index (χ1) is 9.67. The van der Waals surface area contributed by atoms with E-state index < -0.39 is 6.04 Å². The van der Waals surface area contributed by atoms with E-state index in [0.29, 0.717) is 6.04 Å². The zero-order valence-corrected chi connectivity index (χ0v) is 11.7. The Bertz CT molecular complexity index is 650. The maximum absolute atomic E-state index is 12.0. The molecule has 104 valence electrons. The number of hydrogen-bond donors (Lipinski definition) is 1. The summed E-state index contributed by atoms with van der Waals surface area (Å²) < 4.78 is 4.91. The lowest BCUT2D eigenvalue weighted by Gasteiger charge is -2.17. The summed E-state index contributed by atoms with van der Waals surface area (Å²) in [5, 5.41) is 4.38. The zero-order valence-electron chi connectivity index (χ0n) is 11.7. The van der Waals surface area contributed by atoms with Crippen LogP contribution in [0.15, 0.2) is 30.3 Å². The molecule has 1 aliphatic rings. The van der Waals surface area contributed by atoms with E-state index in [0.717, 1.165) is 35.0 Å². The number of aryl methyl sites for hydroxylation is 1. The number of methoxy groups -OCH3 is 1. The van der Waals surface area contributed by atoms with Gasteiger partial charge in [0.15, 0.2) is 0 Å². The van der Waals surface area contributed by atoms with E-state index >= 15 is 0 Å². The van der Waals surface area contributed by atoms with Gasteiger partial charge in [0.1, 0.15) is 6.04 Å². The van der Waals surface area contributed by atoms with Crippen molar-refractivity contribution < 1.29 is 9.53 Å². The second-order valence-electron chi connectivity index (χ2n) is 5.30. The Labute approximate surface area is 118 Å². The zero-order chi connectivity index (χ0) is 14.1. The highest BCUT2D eigenvalue weighted by molar-refractivity contribution is 5.83. The Morgan fingerprint density at radius 1 is 1.35 bits per heavy atom. The molecule has 1 saturated carbocycles. The predicted octanol–water partition coefficient (Wildman–Crippen LogP) is 2.51. The molecule has 0 radical (unpaired) electrons. The number of rotatable bonds is 4. The monoisotopic (exact) mass is 270 g/mol. The molecule has 0 saturated heterocycles. The van der Waals surface area contributed by atoms with Gasteiger partial charge in [0, 0.05) is 17.1 Å². The minimum atomic E-state index is -0.391. The van der Waals surface area contributed by atoms with Crippen molar-refractivity contribution in [3.8, 4) is 0 Å². The van der Waals surface area contributed by atoms with Gasteiger partial charge < -0.3 is 4.74 Å². The number of nitrogens with one attached hydrogen (secondary N) is 1. The summed E-state index contributed by atoms with van der Waals surface area (Å²) in [6, 6.07) is 9.98. The molecular weight excluding hydrogens is 252 g/mol. The topological polar surface area (TPSA) is 51.2 Å². The molecule has 1 aliphatic carbocycles. The maximum atomic E-state index is 12.0. The maximum Gasteiger partial charge on any atom is 0.327 e. The molecule has 20 heavy (non-hydrogen) atoms. The number of ether oxygens (including phenoxy) is 1. The third-order valence-corrected chi connectivity index (χ3v) is 3.60. The second-order valence-corrected chi connectivity index (χ2v) is 5.30. The van der Waals surface area contributed by atoms with Gasteiger partial charge in [-0.3, -0.25) is 10.3 Å². The molecule has 1 unspecified atom stereocenters. The number of esters is 1. The van der Waals surface area contributed by atoms with E-state index in [1.54, 1.807) is 0 Å². The van der Waals surface area contributed by atoms with Crippen LogP contribution in [-0.2, 0) is 9.53 Å². The average molecular weight is 270 g/mol. The fourth-order valence-electron chi connectivity index (χ4n) is 2.33. The summed E-state index contributed by atoms with van der Waals surface area (Å²) in [5.74, 6) is -0.240. The summed E-state index contributed by atoms with van der Waals surface area (Å²) in [5.41, 5.74) is 2.87. The Morgan fingerprint density at radius 2 is 2.15 bits per heavy atom. The molecule has 1 fully saturated rings. The number of benzene rings is 1. The number of nitrogens with zero attached hydrogens (tertiary/aromatic N) is 1. The first-order valence-electron chi connectivity index (χ1n) is 6.88. The molecule has 1 aromatic heterocycles. The van der Waals surface area contributed by atoms with Gasteiger partial charge >= 0.3 is 5.97 Å². The van der Waals surface area contributed by atoms with Crippen LogP contribution < -0.4 is 5.32 Å². The van der Waals surface area contributed by atoms with Gasteiger partial charge in [-0.25, -0.2) is 4.79 Å². The van der Waals surface area contributed by atoms with Gasteiger partial charge in [0.05, 0.1) is 12.6 Å². The van der Waals surface area contributed by atoms with Crippen LogP contribution in [0.25, 0.3) is 10.9 Å². The first kappa shape index (κ1) is 13.1. The Balaban J connectivity index is 1.96. The Hall–Kier alpha value is -1.94. The summed E-state index contributed by atoms with van der Waals surface area (Å²) in [6.45, 7) is 1.97. The van der Waals surface area contributed by atoms with Crippen molar-refractivity contribution >= 4 is 16.9 Å². The first-order valence-corrected chi connectivity index (χ1v) is 6.88. The molecule has 2 aromatic rings. The van der Waals surface area contributed by atoms with Crippen LogP contribution in [0.1, 0.15) is 30.1 Å². The van der Waals surface area contributed by atoms with Crippen LogP contribution in [0.4, 0.5) is 0 Å². The van der Waals surface area contributed by atoms with E-state index in [4.69, 9.17) is 4.74 Å². The summed E-state index contributed by atoms with van der Waals surface area (Å²) in [4.78, 5) is 16.4. The minimum absolute atomic E-state index is 0.240. The number of carbonyl (C=O) groups excluding carboxylic acids is 1. The molecule has 0 bridgehead atoms. The molecule has 1 N–H and O–H groups in total. The second kappa shape index (κ2) is 5.21. The fourth-order valence-corrected chi connectivity index (χ4v) is 2.33. The van der Waals surface area contributed by atoms with E-state index in [1.165, 1.54) is 7.11 Å². The lowest BCUT2D eigenvalue weighted by Crippen LogP contribution is -2.31. The van der Waals surface area contributed by atoms with Crippen molar-refractivity contribution in [2.24, 2.45) is 0 Å². The molecule has 0 aliphatic heterocycles. The number of hydrogen-bond acceptors (Lipinski definition) is 4. The smallest absolute Gasteiger partial charge is 0.327 e. The minimum Gasteiger partial charge on any atom is -0.468 e. The Kier molecular flexibility index (Phi) is 3.40. The van der Waals surface area contributed by atoms with Crippen molar-refractivity contribution in [2.75, 3.05) is 7.11 Å². The van der Waals surface area contributed by atoms with Crippen molar-refractivity contribution in [3.05, 3.63) is 41.6 Å². The molecule has 1 atom stereocenters. The van der Waals surface area contributed by atoms with Crippen LogP contribution in [0.2, 0.25) is 0 Å². The number of carbonyl (C=O) groups is 1. The summed E-state index contributed by atoms with van der Waals surface area (Å²) in [7, 11) is 1.43. The number of aromatic nitrogens is 1. The van der Waals surface area contributed by atoms with E-state index in [-0.39, 0.29) is 5.97 Å². The van der Waals surface area contributed by atoms with E-state index in [2.05, 4.69) is 10.3 Å². The number of fused-ring (bicyclic) bond motifs is 1. The predicted molar refractivity (Wildman–Crippen MR) is 77.4 cm³/mol. The molecule has 4 heteroatoms. The molecular formula is C16H18N2O2. The van der Waals surface area contributed by atoms with E-state index in [9.17, 15) is 4.79 Å². The molecule has 1 aromatic carbocycles. The van der Waals surface area contributed by atoms with Crippen LogP contribution in [-0.4, -0.2) is 24.1 Å². The largest absolute Gasteiger partial charge is 0.468 e. The quantitative estimate of drug-likeness (QED) is 0.867. The third-order valence-electron chi connectivity index (χ3n) is 3.60. The molecule has 3 rings (SSSR count). The highest BCUT2D eigenvalue weighted by Gasteiger charge is 2.30. The highest BCUT2D eigenvalue weighted by atomic mass is 16.5. The SMILES string of the molecule is COC(=O)C(NC1CC1)c1ccc2nc(C)ccc2c1. The van der Waals surface area contributed by atoms with Crippen molar-refractivity contribution in [3.63, 3.8) is 0 Å². The summed E-state index contributed by atoms with van der Waals surface area (Å²) in [6.07, 6.45) is 2.25. The van der Waals surface area contributed by atoms with Crippen molar-refractivity contribution in [1.82, 2.24) is 10.3 Å². The van der Waals surface area contributed by atoms with Gasteiger partial charge in [-0.1, -0.05) is 12.1 Å². The van der Waals surface area contributed by atoms with Crippen LogP contribution >= 0.6 is 0 Å². The van der Waals surface area contributed by atoms with Gasteiger partial charge in [-0.2, -0.15) is 0 Å². The van der Waals surface area contributed by atoms with Crippen LogP contribution in [0, 0.1) is 6.92 Å². The van der Waals surface area contributed by atoms with Crippen molar-refractivity contribution in [1.29, 1.82) is 0 Å². The molecule has 0 spiro atoms. The van der Waals surface area contributed by atoms with Gasteiger partial charge in [0.2, 0.25) is 0 Å². The van der Waals surface area contributed by atoms with Gasteiger partial charge in [-0.05, 0) is 43.5 Å². The van der Waals surface area contributed by atoms with Gasteiger partial charge in [0.25, 0.3) is 0 Å². The molecule has 0 amide bonds. The fraction of sp³-hybridized carbons (Fsp3) is 0.375. The third kappa shape index (κ3) is 2.65. The van der Waals surface area contributed by atoms with E-state index in [1.807, 2.05) is 37.3 Å².